The van der Waals surface area contributed by atoms with Gasteiger partial charge in [0.05, 0.1) is 0 Å². The monoisotopic (exact) mass is 198 g/mol. The summed E-state index contributed by atoms with van der Waals surface area (Å²) >= 11 is 0. The van der Waals surface area contributed by atoms with E-state index in [4.69, 9.17) is 5.73 Å². The minimum atomic E-state index is 0.0510. The first-order valence-corrected chi connectivity index (χ1v) is 5.66. The summed E-state index contributed by atoms with van der Waals surface area (Å²) in [6.07, 6.45) is 6.13. The molecule has 0 heterocycles. The highest BCUT2D eigenvalue weighted by Crippen LogP contribution is 2.24. The zero-order valence-corrected chi connectivity index (χ0v) is 9.33. The molecule has 0 saturated heterocycles. The fourth-order valence-corrected chi connectivity index (χ4v) is 1.82. The molecule has 1 amide bonds. The van der Waals surface area contributed by atoms with Gasteiger partial charge in [0, 0.05) is 25.6 Å². The fourth-order valence-electron chi connectivity index (χ4n) is 1.82. The van der Waals surface area contributed by atoms with Gasteiger partial charge in [-0.25, -0.2) is 0 Å². The standard InChI is InChI=1S/C11H22N2O/c1-3-5-9(12)8-11(14)13(2)10-6-4-7-10/h9-10H,3-8,12H2,1-2H3. The molecule has 3 nitrogen and oxygen atoms in total. The van der Waals surface area contributed by atoms with Gasteiger partial charge in [0.2, 0.25) is 5.91 Å². The van der Waals surface area contributed by atoms with Gasteiger partial charge in [-0.2, -0.15) is 0 Å². The van der Waals surface area contributed by atoms with Crippen molar-refractivity contribution in [1.29, 1.82) is 0 Å². The molecular weight excluding hydrogens is 176 g/mol. The summed E-state index contributed by atoms with van der Waals surface area (Å²) in [5, 5.41) is 0. The average molecular weight is 198 g/mol. The Bertz CT molecular complexity index is 190. The van der Waals surface area contributed by atoms with E-state index in [1.165, 1.54) is 19.3 Å². The van der Waals surface area contributed by atoms with E-state index in [2.05, 4.69) is 6.92 Å². The molecule has 1 aliphatic carbocycles. The molecule has 0 spiro atoms. The fraction of sp³-hybridized carbons (Fsp3) is 0.909. The Labute approximate surface area is 86.6 Å². The first kappa shape index (κ1) is 11.5. The minimum absolute atomic E-state index is 0.0510. The quantitative estimate of drug-likeness (QED) is 0.728. The van der Waals surface area contributed by atoms with Crippen LogP contribution in [0.5, 0.6) is 0 Å². The highest BCUT2D eigenvalue weighted by molar-refractivity contribution is 5.76. The Hall–Kier alpha value is -0.570. The summed E-state index contributed by atoms with van der Waals surface area (Å²) in [5.41, 5.74) is 5.84. The van der Waals surface area contributed by atoms with Crippen molar-refractivity contribution in [3.63, 3.8) is 0 Å². The maximum Gasteiger partial charge on any atom is 0.224 e. The zero-order valence-electron chi connectivity index (χ0n) is 9.33. The summed E-state index contributed by atoms with van der Waals surface area (Å²) < 4.78 is 0. The number of hydrogen-bond acceptors (Lipinski definition) is 2. The first-order chi connectivity index (χ1) is 6.65. The summed E-state index contributed by atoms with van der Waals surface area (Å²) in [5.74, 6) is 0.218. The van der Waals surface area contributed by atoms with E-state index in [0.29, 0.717) is 12.5 Å². The van der Waals surface area contributed by atoms with Crippen molar-refractivity contribution >= 4 is 5.91 Å². The summed E-state index contributed by atoms with van der Waals surface area (Å²) in [7, 11) is 1.91. The molecule has 0 aromatic carbocycles. The second-order valence-corrected chi connectivity index (χ2v) is 4.34. The SMILES string of the molecule is CCCC(N)CC(=O)N(C)C1CCC1. The Morgan fingerprint density at radius 1 is 1.57 bits per heavy atom. The molecular formula is C11H22N2O. The number of nitrogens with zero attached hydrogens (tertiary/aromatic N) is 1. The Kier molecular flexibility index (Phi) is 4.39. The Morgan fingerprint density at radius 2 is 2.21 bits per heavy atom. The second-order valence-electron chi connectivity index (χ2n) is 4.34. The number of nitrogens with two attached hydrogens (primary N) is 1. The maximum absolute atomic E-state index is 11.7. The molecule has 0 aromatic rings. The average Bonchev–Trinajstić information content (AvgIpc) is 2.01. The molecule has 1 rings (SSSR count). The lowest BCUT2D eigenvalue weighted by Gasteiger charge is -2.35. The first-order valence-electron chi connectivity index (χ1n) is 5.66. The largest absolute Gasteiger partial charge is 0.343 e. The summed E-state index contributed by atoms with van der Waals surface area (Å²) in [4.78, 5) is 13.6. The second kappa shape index (κ2) is 5.35. The van der Waals surface area contributed by atoms with Gasteiger partial charge in [-0.15, -0.1) is 0 Å². The lowest BCUT2D eigenvalue weighted by molar-refractivity contribution is -0.133. The van der Waals surface area contributed by atoms with Gasteiger partial charge in [-0.05, 0) is 25.7 Å². The molecule has 3 heteroatoms. The summed E-state index contributed by atoms with van der Waals surface area (Å²) in [6.45, 7) is 2.10. The molecule has 0 radical (unpaired) electrons. The maximum atomic E-state index is 11.7. The van der Waals surface area contributed by atoms with E-state index in [1.807, 2.05) is 11.9 Å². The van der Waals surface area contributed by atoms with Gasteiger partial charge >= 0.3 is 0 Å². The smallest absolute Gasteiger partial charge is 0.224 e. The van der Waals surface area contributed by atoms with E-state index >= 15 is 0 Å². The van der Waals surface area contributed by atoms with Gasteiger partial charge in [0.25, 0.3) is 0 Å². The van der Waals surface area contributed by atoms with E-state index in [0.717, 1.165) is 12.8 Å². The number of amides is 1. The van der Waals surface area contributed by atoms with Gasteiger partial charge in [-0.1, -0.05) is 13.3 Å². The van der Waals surface area contributed by atoms with E-state index in [1.54, 1.807) is 0 Å². The van der Waals surface area contributed by atoms with E-state index in [-0.39, 0.29) is 11.9 Å². The van der Waals surface area contributed by atoms with E-state index in [9.17, 15) is 4.79 Å². The number of hydrogen-bond donors (Lipinski definition) is 1. The molecule has 0 aliphatic heterocycles. The van der Waals surface area contributed by atoms with Crippen molar-refractivity contribution in [2.24, 2.45) is 5.73 Å². The van der Waals surface area contributed by atoms with Gasteiger partial charge in [-0.3, -0.25) is 4.79 Å². The molecule has 14 heavy (non-hydrogen) atoms. The molecule has 1 aliphatic rings. The van der Waals surface area contributed by atoms with Crippen molar-refractivity contribution in [2.75, 3.05) is 7.05 Å². The normalized spacial score (nSPS) is 18.8. The molecule has 1 fully saturated rings. The lowest BCUT2D eigenvalue weighted by atomic mass is 9.91. The van der Waals surface area contributed by atoms with Crippen LogP contribution in [0.15, 0.2) is 0 Å². The van der Waals surface area contributed by atoms with Crippen LogP contribution in [-0.2, 0) is 4.79 Å². The van der Waals surface area contributed by atoms with Gasteiger partial charge < -0.3 is 10.6 Å². The van der Waals surface area contributed by atoms with Crippen LogP contribution < -0.4 is 5.73 Å². The molecule has 2 N–H and O–H groups in total. The van der Waals surface area contributed by atoms with Crippen LogP contribution in [0.2, 0.25) is 0 Å². The molecule has 1 unspecified atom stereocenters. The summed E-state index contributed by atoms with van der Waals surface area (Å²) in [6, 6.07) is 0.548. The lowest BCUT2D eigenvalue weighted by Crippen LogP contribution is -2.43. The van der Waals surface area contributed by atoms with Crippen molar-refractivity contribution in [3.05, 3.63) is 0 Å². The number of carbonyl (C=O) groups excluding carboxylic acids is 1. The van der Waals surface area contributed by atoms with Crippen LogP contribution in [0.1, 0.15) is 45.4 Å². The van der Waals surface area contributed by atoms with E-state index < -0.39 is 0 Å². The predicted molar refractivity (Wildman–Crippen MR) is 57.9 cm³/mol. The highest BCUT2D eigenvalue weighted by atomic mass is 16.2. The highest BCUT2D eigenvalue weighted by Gasteiger charge is 2.25. The molecule has 82 valence electrons. The molecule has 1 saturated carbocycles. The van der Waals surface area contributed by atoms with Crippen LogP contribution in [0, 0.1) is 0 Å². The third-order valence-corrected chi connectivity index (χ3v) is 3.11. The van der Waals surface area contributed by atoms with Gasteiger partial charge in [0.15, 0.2) is 0 Å². The Balaban J connectivity index is 2.25. The van der Waals surface area contributed by atoms with Crippen LogP contribution >= 0.6 is 0 Å². The van der Waals surface area contributed by atoms with Crippen molar-refractivity contribution < 1.29 is 4.79 Å². The third-order valence-electron chi connectivity index (χ3n) is 3.11. The molecule has 0 aromatic heterocycles. The predicted octanol–water partition coefficient (Wildman–Crippen LogP) is 1.51. The van der Waals surface area contributed by atoms with Crippen LogP contribution in [-0.4, -0.2) is 29.9 Å². The zero-order chi connectivity index (χ0) is 10.6. The molecule has 0 bridgehead atoms. The van der Waals surface area contributed by atoms with Crippen LogP contribution in [0.4, 0.5) is 0 Å². The van der Waals surface area contributed by atoms with Crippen LogP contribution in [0.3, 0.4) is 0 Å². The number of carbonyl (C=O) groups is 1. The van der Waals surface area contributed by atoms with Crippen molar-refractivity contribution in [2.45, 2.75) is 57.5 Å². The minimum Gasteiger partial charge on any atom is -0.343 e. The van der Waals surface area contributed by atoms with Crippen LogP contribution in [0.25, 0.3) is 0 Å². The van der Waals surface area contributed by atoms with Crippen molar-refractivity contribution in [1.82, 2.24) is 4.90 Å². The molecule has 1 atom stereocenters. The van der Waals surface area contributed by atoms with Gasteiger partial charge in [0.1, 0.15) is 0 Å². The topological polar surface area (TPSA) is 46.3 Å². The number of rotatable bonds is 5. The Morgan fingerprint density at radius 3 is 2.64 bits per heavy atom. The third kappa shape index (κ3) is 2.98. The van der Waals surface area contributed by atoms with Crippen molar-refractivity contribution in [3.8, 4) is 0 Å².